The summed E-state index contributed by atoms with van der Waals surface area (Å²) in [4.78, 5) is 40.6. The van der Waals surface area contributed by atoms with Gasteiger partial charge in [0.25, 0.3) is 5.91 Å². The van der Waals surface area contributed by atoms with E-state index >= 15 is 0 Å². The van der Waals surface area contributed by atoms with Gasteiger partial charge in [-0.05, 0) is 73.6 Å². The van der Waals surface area contributed by atoms with Gasteiger partial charge in [0.2, 0.25) is 5.91 Å². The number of pyridine rings is 2. The molecule has 2 saturated heterocycles. The number of anilines is 2. The van der Waals surface area contributed by atoms with E-state index in [1.165, 1.54) is 36.8 Å². The normalized spacial score (nSPS) is 21.1. The van der Waals surface area contributed by atoms with E-state index < -0.39 is 0 Å². The fourth-order valence-corrected chi connectivity index (χ4v) is 5.19. The molecule has 2 saturated carbocycles. The molecular formula is C26H31N5O2. The van der Waals surface area contributed by atoms with Gasteiger partial charge < -0.3 is 9.80 Å². The molecule has 0 spiro atoms. The third-order valence-electron chi connectivity index (χ3n) is 7.53. The van der Waals surface area contributed by atoms with Gasteiger partial charge in [0.1, 0.15) is 11.6 Å². The topological polar surface area (TPSA) is 69.6 Å². The van der Waals surface area contributed by atoms with E-state index in [0.29, 0.717) is 43.4 Å². The summed E-state index contributed by atoms with van der Waals surface area (Å²) in [5.74, 6) is 3.32. The maximum Gasteiger partial charge on any atom is 0.255 e. The molecule has 2 aromatic heterocycles. The van der Waals surface area contributed by atoms with Crippen LogP contribution in [0.3, 0.4) is 0 Å². The molecule has 2 aliphatic carbocycles. The van der Waals surface area contributed by atoms with Gasteiger partial charge in [-0.1, -0.05) is 6.07 Å². The lowest BCUT2D eigenvalue weighted by Crippen LogP contribution is -2.49. The summed E-state index contributed by atoms with van der Waals surface area (Å²) in [6.45, 7) is 5.60. The van der Waals surface area contributed by atoms with Gasteiger partial charge in [0.05, 0.1) is 5.56 Å². The second-order valence-corrected chi connectivity index (χ2v) is 10.0. The van der Waals surface area contributed by atoms with E-state index in [9.17, 15) is 9.59 Å². The van der Waals surface area contributed by atoms with Crippen LogP contribution in [0, 0.1) is 6.92 Å². The number of amides is 2. The number of hydrogen-bond acceptors (Lipinski definition) is 5. The Morgan fingerprint density at radius 1 is 0.939 bits per heavy atom. The van der Waals surface area contributed by atoms with Crippen molar-refractivity contribution in [1.29, 1.82) is 0 Å². The van der Waals surface area contributed by atoms with Crippen molar-refractivity contribution in [3.63, 3.8) is 0 Å². The highest BCUT2D eigenvalue weighted by Crippen LogP contribution is 2.47. The third-order valence-corrected chi connectivity index (χ3v) is 7.53. The maximum atomic E-state index is 13.2. The average molecular weight is 446 g/mol. The summed E-state index contributed by atoms with van der Waals surface area (Å²) in [5.41, 5.74) is 4.34. The monoisotopic (exact) mass is 445 g/mol. The van der Waals surface area contributed by atoms with Crippen molar-refractivity contribution in [2.24, 2.45) is 0 Å². The summed E-state index contributed by atoms with van der Waals surface area (Å²) in [6.07, 6.45) is 10.3. The number of aromatic nitrogens is 2. The van der Waals surface area contributed by atoms with Crippen LogP contribution in [-0.2, 0) is 4.79 Å². The van der Waals surface area contributed by atoms with Crippen LogP contribution in [0.15, 0.2) is 24.5 Å². The molecule has 0 aromatic carbocycles. The molecule has 2 aromatic rings. The lowest BCUT2D eigenvalue weighted by molar-refractivity contribution is -0.117. The number of piperazine rings is 1. The van der Waals surface area contributed by atoms with Crippen molar-refractivity contribution < 1.29 is 9.59 Å². The zero-order chi connectivity index (χ0) is 22.5. The Bertz CT molecular complexity index is 1100. The molecule has 0 atom stereocenters. The van der Waals surface area contributed by atoms with Crippen molar-refractivity contribution in [3.8, 4) is 0 Å². The molecule has 7 nitrogen and oxygen atoms in total. The van der Waals surface area contributed by atoms with E-state index in [4.69, 9.17) is 4.98 Å². The number of hydrogen-bond donors (Lipinski definition) is 0. The minimum Gasteiger partial charge on any atom is -0.353 e. The number of carbonyl (C=O) groups is 2. The molecule has 7 heteroatoms. The van der Waals surface area contributed by atoms with Crippen molar-refractivity contribution in [3.05, 3.63) is 46.8 Å². The number of rotatable bonds is 5. The van der Waals surface area contributed by atoms with Crippen molar-refractivity contribution in [1.82, 2.24) is 14.9 Å². The number of aryl methyl sites for hydroxylation is 1. The minimum atomic E-state index is 0.0263. The zero-order valence-electron chi connectivity index (χ0n) is 19.3. The Balaban J connectivity index is 1.14. The third kappa shape index (κ3) is 3.98. The highest BCUT2D eigenvalue weighted by atomic mass is 16.2. The first kappa shape index (κ1) is 20.6. The van der Waals surface area contributed by atoms with E-state index in [1.807, 2.05) is 17.9 Å². The van der Waals surface area contributed by atoms with Crippen LogP contribution in [0.2, 0.25) is 0 Å². The second kappa shape index (κ2) is 8.12. The number of nitrogens with zero attached hydrogens (tertiary/aromatic N) is 5. The standard InChI is InChI=1S/C26H31N5O2/c1-17-13-23(31-8-2-3-24(31)32)27-16-22(17)26(33)30-11-9-29(10-12-30)25-21(19-6-7-19)14-20(15-28-25)18-4-5-18/h13-16,18-19H,2-12H2,1H3. The Kier molecular flexibility index (Phi) is 5.07. The molecule has 0 N–H and O–H groups in total. The van der Waals surface area contributed by atoms with Crippen LogP contribution in [0.4, 0.5) is 11.6 Å². The summed E-state index contributed by atoms with van der Waals surface area (Å²) in [7, 11) is 0. The van der Waals surface area contributed by atoms with Crippen molar-refractivity contribution >= 4 is 23.5 Å². The van der Waals surface area contributed by atoms with E-state index in [0.717, 1.165) is 36.8 Å². The Morgan fingerprint density at radius 2 is 1.70 bits per heavy atom. The SMILES string of the molecule is Cc1cc(N2CCCC2=O)ncc1C(=O)N1CCN(c2ncc(C3CC3)cc2C2CC2)CC1. The van der Waals surface area contributed by atoms with E-state index in [1.54, 1.807) is 11.1 Å². The molecule has 172 valence electrons. The first-order valence-corrected chi connectivity index (χ1v) is 12.4. The Labute approximate surface area is 194 Å². The first-order valence-electron chi connectivity index (χ1n) is 12.4. The van der Waals surface area contributed by atoms with Gasteiger partial charge in [0, 0.05) is 51.5 Å². The van der Waals surface area contributed by atoms with E-state index in [-0.39, 0.29) is 11.8 Å². The van der Waals surface area contributed by atoms with Gasteiger partial charge in [-0.15, -0.1) is 0 Å². The Morgan fingerprint density at radius 3 is 2.33 bits per heavy atom. The smallest absolute Gasteiger partial charge is 0.255 e. The highest BCUT2D eigenvalue weighted by Gasteiger charge is 2.33. The van der Waals surface area contributed by atoms with Crippen LogP contribution in [-0.4, -0.2) is 59.4 Å². The average Bonchev–Trinajstić information content (AvgIpc) is 3.76. The lowest BCUT2D eigenvalue weighted by Gasteiger charge is -2.36. The minimum absolute atomic E-state index is 0.0263. The van der Waals surface area contributed by atoms with Crippen molar-refractivity contribution in [2.45, 2.75) is 57.3 Å². The van der Waals surface area contributed by atoms with E-state index in [2.05, 4.69) is 22.1 Å². The van der Waals surface area contributed by atoms with Crippen LogP contribution >= 0.6 is 0 Å². The summed E-state index contributed by atoms with van der Waals surface area (Å²) >= 11 is 0. The summed E-state index contributed by atoms with van der Waals surface area (Å²) in [6, 6.07) is 4.29. The van der Waals surface area contributed by atoms with Gasteiger partial charge >= 0.3 is 0 Å². The molecule has 6 rings (SSSR count). The van der Waals surface area contributed by atoms with Crippen LogP contribution < -0.4 is 9.80 Å². The van der Waals surface area contributed by atoms with Gasteiger partial charge in [-0.3, -0.25) is 14.5 Å². The quantitative estimate of drug-likeness (QED) is 0.703. The fraction of sp³-hybridized carbons (Fsp3) is 0.538. The number of carbonyl (C=O) groups excluding carboxylic acids is 2. The summed E-state index contributed by atoms with van der Waals surface area (Å²) in [5, 5.41) is 0. The van der Waals surface area contributed by atoms with Gasteiger partial charge in [-0.2, -0.15) is 0 Å². The molecule has 33 heavy (non-hydrogen) atoms. The largest absolute Gasteiger partial charge is 0.353 e. The fourth-order valence-electron chi connectivity index (χ4n) is 5.19. The van der Waals surface area contributed by atoms with Gasteiger partial charge in [0.15, 0.2) is 0 Å². The molecule has 2 amide bonds. The molecule has 0 radical (unpaired) electrons. The maximum absolute atomic E-state index is 13.2. The molecule has 4 heterocycles. The van der Waals surface area contributed by atoms with Gasteiger partial charge in [-0.25, -0.2) is 9.97 Å². The molecule has 4 fully saturated rings. The van der Waals surface area contributed by atoms with Crippen molar-refractivity contribution in [2.75, 3.05) is 42.5 Å². The molecular weight excluding hydrogens is 414 g/mol. The second-order valence-electron chi connectivity index (χ2n) is 10.0. The Hall–Kier alpha value is -2.96. The van der Waals surface area contributed by atoms with Crippen LogP contribution in [0.5, 0.6) is 0 Å². The zero-order valence-corrected chi connectivity index (χ0v) is 19.3. The molecule has 0 unspecified atom stereocenters. The molecule has 0 bridgehead atoms. The molecule has 2 aliphatic heterocycles. The predicted octanol–water partition coefficient (Wildman–Crippen LogP) is 3.63. The summed E-state index contributed by atoms with van der Waals surface area (Å²) < 4.78 is 0. The lowest BCUT2D eigenvalue weighted by atomic mass is 10.1. The first-order chi connectivity index (χ1) is 16.1. The van der Waals surface area contributed by atoms with Crippen LogP contribution in [0.25, 0.3) is 0 Å². The van der Waals surface area contributed by atoms with Crippen LogP contribution in [0.1, 0.15) is 77.4 Å². The highest BCUT2D eigenvalue weighted by molar-refractivity contribution is 5.97. The molecule has 4 aliphatic rings. The predicted molar refractivity (Wildman–Crippen MR) is 127 cm³/mol.